The van der Waals surface area contributed by atoms with Crippen LogP contribution in [0.5, 0.6) is 0 Å². The molecule has 0 amide bonds. The van der Waals surface area contributed by atoms with Gasteiger partial charge in [0.1, 0.15) is 6.33 Å². The fourth-order valence-corrected chi connectivity index (χ4v) is 2.01. The average Bonchev–Trinajstić information content (AvgIpc) is 3.08. The van der Waals surface area contributed by atoms with Gasteiger partial charge in [0, 0.05) is 12.7 Å². The first-order valence-electron chi connectivity index (χ1n) is 6.66. The third-order valence-corrected chi connectivity index (χ3v) is 3.16. The zero-order chi connectivity index (χ0) is 13.9. The molecule has 7 nitrogen and oxygen atoms in total. The lowest BCUT2D eigenvalue weighted by Gasteiger charge is -2.10. The topological polar surface area (TPSA) is 83.8 Å². The van der Waals surface area contributed by atoms with Crippen molar-refractivity contribution in [2.75, 3.05) is 11.9 Å². The summed E-state index contributed by atoms with van der Waals surface area (Å²) in [6.07, 6.45) is 6.26. The SMILES string of the molecule is CC(C)c1cc(NCCc2cn[nH]c2)c2nncn2n1. The molecule has 2 N–H and O–H groups in total. The number of nitrogens with one attached hydrogen (secondary N) is 2. The van der Waals surface area contributed by atoms with Gasteiger partial charge in [-0.15, -0.1) is 10.2 Å². The second kappa shape index (κ2) is 5.28. The first-order chi connectivity index (χ1) is 9.74. The van der Waals surface area contributed by atoms with Crippen molar-refractivity contribution < 1.29 is 0 Å². The molecule has 0 unspecified atom stereocenters. The highest BCUT2D eigenvalue weighted by Crippen LogP contribution is 2.19. The minimum absolute atomic E-state index is 0.358. The van der Waals surface area contributed by atoms with Crippen molar-refractivity contribution in [2.24, 2.45) is 0 Å². The number of hydrogen-bond acceptors (Lipinski definition) is 5. The molecule has 0 radical (unpaired) electrons. The third-order valence-electron chi connectivity index (χ3n) is 3.16. The molecule has 0 saturated heterocycles. The van der Waals surface area contributed by atoms with E-state index in [9.17, 15) is 0 Å². The number of nitrogens with zero attached hydrogens (tertiary/aromatic N) is 5. The third kappa shape index (κ3) is 2.47. The maximum absolute atomic E-state index is 4.49. The Hall–Kier alpha value is -2.44. The zero-order valence-electron chi connectivity index (χ0n) is 11.5. The molecule has 7 heteroatoms. The van der Waals surface area contributed by atoms with Crippen molar-refractivity contribution >= 4 is 11.3 Å². The van der Waals surface area contributed by atoms with Crippen molar-refractivity contribution in [3.8, 4) is 0 Å². The molecular weight excluding hydrogens is 254 g/mol. The van der Waals surface area contributed by atoms with Crippen molar-refractivity contribution in [1.29, 1.82) is 0 Å². The lowest BCUT2D eigenvalue weighted by Crippen LogP contribution is -2.09. The van der Waals surface area contributed by atoms with Gasteiger partial charge < -0.3 is 5.32 Å². The van der Waals surface area contributed by atoms with Crippen LogP contribution < -0.4 is 5.32 Å². The van der Waals surface area contributed by atoms with E-state index in [1.54, 1.807) is 10.8 Å². The van der Waals surface area contributed by atoms with Crippen molar-refractivity contribution in [3.05, 3.63) is 36.0 Å². The summed E-state index contributed by atoms with van der Waals surface area (Å²) >= 11 is 0. The number of aromatic amines is 1. The van der Waals surface area contributed by atoms with Gasteiger partial charge in [0.2, 0.25) is 5.65 Å². The van der Waals surface area contributed by atoms with Gasteiger partial charge in [-0.2, -0.15) is 14.7 Å². The van der Waals surface area contributed by atoms with Gasteiger partial charge in [-0.1, -0.05) is 13.8 Å². The maximum atomic E-state index is 4.49. The van der Waals surface area contributed by atoms with Gasteiger partial charge in [-0.05, 0) is 24.0 Å². The highest BCUT2D eigenvalue weighted by molar-refractivity contribution is 5.66. The summed E-state index contributed by atoms with van der Waals surface area (Å²) in [7, 11) is 0. The van der Waals surface area contributed by atoms with Crippen LogP contribution in [0, 0.1) is 0 Å². The van der Waals surface area contributed by atoms with Crippen LogP contribution in [0.15, 0.2) is 24.8 Å². The first kappa shape index (κ1) is 12.6. The summed E-state index contributed by atoms with van der Waals surface area (Å²) in [5.41, 5.74) is 3.91. The van der Waals surface area contributed by atoms with Gasteiger partial charge in [-0.25, -0.2) is 0 Å². The minimum Gasteiger partial charge on any atom is -0.382 e. The number of H-pyrrole nitrogens is 1. The minimum atomic E-state index is 0.358. The molecule has 3 heterocycles. The molecule has 0 aliphatic carbocycles. The standard InChI is InChI=1S/C13H17N7/c1-9(2)11-5-12(13-18-17-8-20(13)19-11)14-4-3-10-6-15-16-7-10/h5-9,14H,3-4H2,1-2H3,(H,15,16). The molecule has 0 atom stereocenters. The summed E-state index contributed by atoms with van der Waals surface area (Å²) < 4.78 is 1.72. The van der Waals surface area contributed by atoms with Crippen LogP contribution in [0.3, 0.4) is 0 Å². The van der Waals surface area contributed by atoms with Crippen LogP contribution in [0.4, 0.5) is 5.69 Å². The largest absolute Gasteiger partial charge is 0.382 e. The molecule has 104 valence electrons. The smallest absolute Gasteiger partial charge is 0.200 e. The second-order valence-electron chi connectivity index (χ2n) is 5.02. The number of rotatable bonds is 5. The second-order valence-corrected chi connectivity index (χ2v) is 5.02. The van der Waals surface area contributed by atoms with Crippen molar-refractivity contribution in [2.45, 2.75) is 26.2 Å². The van der Waals surface area contributed by atoms with Gasteiger partial charge >= 0.3 is 0 Å². The highest BCUT2D eigenvalue weighted by Gasteiger charge is 2.10. The Bertz CT molecular complexity index is 684. The normalized spacial score (nSPS) is 11.3. The lowest BCUT2D eigenvalue weighted by molar-refractivity contribution is 0.762. The Morgan fingerprint density at radius 1 is 1.40 bits per heavy atom. The summed E-state index contributed by atoms with van der Waals surface area (Å²) in [5.74, 6) is 0.358. The quantitative estimate of drug-likeness (QED) is 0.736. The van der Waals surface area contributed by atoms with Crippen LogP contribution in [-0.2, 0) is 6.42 Å². The fourth-order valence-electron chi connectivity index (χ4n) is 2.01. The fraction of sp³-hybridized carbons (Fsp3) is 0.385. The molecule has 20 heavy (non-hydrogen) atoms. The summed E-state index contributed by atoms with van der Waals surface area (Å²) in [6, 6.07) is 2.05. The number of hydrogen-bond donors (Lipinski definition) is 2. The number of fused-ring (bicyclic) bond motifs is 1. The van der Waals surface area contributed by atoms with E-state index in [1.165, 1.54) is 5.56 Å². The monoisotopic (exact) mass is 271 g/mol. The summed E-state index contributed by atoms with van der Waals surface area (Å²) in [4.78, 5) is 0. The van der Waals surface area contributed by atoms with Crippen molar-refractivity contribution in [1.82, 2.24) is 30.0 Å². The van der Waals surface area contributed by atoms with Crippen molar-refractivity contribution in [3.63, 3.8) is 0 Å². The summed E-state index contributed by atoms with van der Waals surface area (Å²) in [5, 5.41) is 22.7. The predicted molar refractivity (Wildman–Crippen MR) is 75.7 cm³/mol. The number of aromatic nitrogens is 6. The first-order valence-corrected chi connectivity index (χ1v) is 6.66. The molecule has 3 aromatic rings. The van der Waals surface area contributed by atoms with Crippen LogP contribution in [0.2, 0.25) is 0 Å². The molecule has 3 aromatic heterocycles. The molecule has 0 aliphatic heterocycles. The Morgan fingerprint density at radius 2 is 2.30 bits per heavy atom. The lowest BCUT2D eigenvalue weighted by atomic mass is 10.1. The van der Waals surface area contributed by atoms with E-state index in [0.717, 1.165) is 30.0 Å². The molecule has 0 spiro atoms. The van der Waals surface area contributed by atoms with Gasteiger partial charge in [0.15, 0.2) is 0 Å². The van der Waals surface area contributed by atoms with E-state index in [1.807, 2.05) is 18.5 Å². The van der Waals surface area contributed by atoms with E-state index in [2.05, 4.69) is 44.7 Å². The van der Waals surface area contributed by atoms with E-state index in [4.69, 9.17) is 0 Å². The van der Waals surface area contributed by atoms with Gasteiger partial charge in [0.05, 0.1) is 17.6 Å². The number of anilines is 1. The van der Waals surface area contributed by atoms with E-state index in [0.29, 0.717) is 5.92 Å². The average molecular weight is 271 g/mol. The molecular formula is C13H17N7. The Kier molecular flexibility index (Phi) is 3.32. The highest BCUT2D eigenvalue weighted by atomic mass is 15.3. The van der Waals surface area contributed by atoms with E-state index >= 15 is 0 Å². The molecule has 0 saturated carbocycles. The Labute approximate surface area is 116 Å². The van der Waals surface area contributed by atoms with E-state index < -0.39 is 0 Å². The molecule has 3 rings (SSSR count). The van der Waals surface area contributed by atoms with Gasteiger partial charge in [0.25, 0.3) is 0 Å². The molecule has 0 bridgehead atoms. The van der Waals surface area contributed by atoms with Crippen LogP contribution in [0.1, 0.15) is 31.0 Å². The van der Waals surface area contributed by atoms with Crippen LogP contribution in [0.25, 0.3) is 5.65 Å². The molecule has 0 aliphatic rings. The molecule has 0 fully saturated rings. The molecule has 0 aromatic carbocycles. The Balaban J connectivity index is 1.80. The maximum Gasteiger partial charge on any atom is 0.200 e. The summed E-state index contributed by atoms with van der Waals surface area (Å²) in [6.45, 7) is 5.05. The van der Waals surface area contributed by atoms with Crippen LogP contribution >= 0.6 is 0 Å². The predicted octanol–water partition coefficient (Wildman–Crippen LogP) is 1.63. The zero-order valence-corrected chi connectivity index (χ0v) is 11.5. The van der Waals surface area contributed by atoms with E-state index in [-0.39, 0.29) is 0 Å². The van der Waals surface area contributed by atoms with Gasteiger partial charge in [-0.3, -0.25) is 5.10 Å². The van der Waals surface area contributed by atoms with Crippen LogP contribution in [-0.4, -0.2) is 36.6 Å². The Morgan fingerprint density at radius 3 is 3.05 bits per heavy atom.